The maximum absolute atomic E-state index is 11.6. The minimum absolute atomic E-state index is 0.274. The number of aromatic nitrogens is 3. The second-order valence-electron chi connectivity index (χ2n) is 6.36. The number of benzene rings is 1. The number of carbonyl (C=O) groups excluding carboxylic acids is 1. The monoisotopic (exact) mass is 452 g/mol. The molecule has 0 unspecified atom stereocenters. The Morgan fingerprint density at radius 1 is 1.09 bits per heavy atom. The number of nitrogens with one attached hydrogen (secondary N) is 3. The first kappa shape index (κ1) is 23.0. The van der Waals surface area contributed by atoms with Gasteiger partial charge in [-0.15, -0.1) is 11.8 Å². The van der Waals surface area contributed by atoms with Crippen LogP contribution in [-0.4, -0.2) is 47.4 Å². The molecular formula is C22H24N6O3S. The van der Waals surface area contributed by atoms with Crippen molar-refractivity contribution in [2.45, 2.75) is 4.90 Å². The SMILES string of the molecule is C=CC(=O)Nc1cccc(Nc2nc(Nc3ccc(OCCOC)nc3)ncc2SC)c1. The Bertz CT molecular complexity index is 1060. The number of pyridine rings is 1. The molecule has 2 aromatic heterocycles. The average molecular weight is 453 g/mol. The summed E-state index contributed by atoms with van der Waals surface area (Å²) in [6.07, 6.45) is 6.56. The highest BCUT2D eigenvalue weighted by molar-refractivity contribution is 7.98. The van der Waals surface area contributed by atoms with Crippen molar-refractivity contribution in [3.8, 4) is 5.88 Å². The van der Waals surface area contributed by atoms with Crippen LogP contribution in [0.1, 0.15) is 0 Å². The number of amides is 1. The third-order valence-corrected chi connectivity index (χ3v) is 4.82. The van der Waals surface area contributed by atoms with E-state index >= 15 is 0 Å². The van der Waals surface area contributed by atoms with Gasteiger partial charge in [-0.3, -0.25) is 4.79 Å². The van der Waals surface area contributed by atoms with E-state index in [1.165, 1.54) is 17.8 Å². The molecule has 0 radical (unpaired) electrons. The molecule has 0 spiro atoms. The van der Waals surface area contributed by atoms with Crippen molar-refractivity contribution in [2.24, 2.45) is 0 Å². The Kier molecular flexibility index (Phi) is 8.41. The van der Waals surface area contributed by atoms with Crippen molar-refractivity contribution in [3.05, 3.63) is 61.4 Å². The lowest BCUT2D eigenvalue weighted by atomic mass is 10.2. The van der Waals surface area contributed by atoms with Gasteiger partial charge in [-0.05, 0) is 36.6 Å². The van der Waals surface area contributed by atoms with Gasteiger partial charge in [0.2, 0.25) is 17.7 Å². The quantitative estimate of drug-likeness (QED) is 0.224. The first-order valence-electron chi connectivity index (χ1n) is 9.67. The Morgan fingerprint density at radius 2 is 1.94 bits per heavy atom. The number of rotatable bonds is 11. The van der Waals surface area contributed by atoms with Crippen LogP contribution >= 0.6 is 11.8 Å². The van der Waals surface area contributed by atoms with Gasteiger partial charge in [0.1, 0.15) is 12.4 Å². The van der Waals surface area contributed by atoms with Gasteiger partial charge in [0, 0.05) is 30.7 Å². The number of methoxy groups -OCH3 is 1. The number of thioether (sulfide) groups is 1. The van der Waals surface area contributed by atoms with Gasteiger partial charge in [0.15, 0.2) is 0 Å². The molecule has 1 aromatic carbocycles. The number of carbonyl (C=O) groups is 1. The largest absolute Gasteiger partial charge is 0.475 e. The molecule has 3 rings (SSSR count). The first-order chi connectivity index (χ1) is 15.6. The molecule has 0 atom stereocenters. The van der Waals surface area contributed by atoms with Gasteiger partial charge in [-0.25, -0.2) is 9.97 Å². The van der Waals surface area contributed by atoms with Gasteiger partial charge in [0.05, 0.1) is 23.4 Å². The fraction of sp³-hybridized carbons (Fsp3) is 0.182. The van der Waals surface area contributed by atoms with Crippen molar-refractivity contribution in [1.29, 1.82) is 0 Å². The molecule has 0 aliphatic carbocycles. The lowest BCUT2D eigenvalue weighted by molar-refractivity contribution is -0.111. The third kappa shape index (κ3) is 6.69. The summed E-state index contributed by atoms with van der Waals surface area (Å²) < 4.78 is 10.4. The number of ether oxygens (including phenoxy) is 2. The molecule has 2 heterocycles. The molecule has 0 aliphatic heterocycles. The first-order valence-corrected chi connectivity index (χ1v) is 10.9. The summed E-state index contributed by atoms with van der Waals surface area (Å²) in [5, 5.41) is 9.16. The van der Waals surface area contributed by atoms with E-state index in [-0.39, 0.29) is 5.91 Å². The third-order valence-electron chi connectivity index (χ3n) is 4.08. The van der Waals surface area contributed by atoms with Crippen LogP contribution in [0.25, 0.3) is 0 Å². The van der Waals surface area contributed by atoms with Crippen molar-refractivity contribution >= 4 is 46.5 Å². The van der Waals surface area contributed by atoms with Gasteiger partial charge in [-0.2, -0.15) is 4.98 Å². The van der Waals surface area contributed by atoms with Crippen LogP contribution in [0.2, 0.25) is 0 Å². The predicted molar refractivity (Wildman–Crippen MR) is 127 cm³/mol. The Morgan fingerprint density at radius 3 is 2.66 bits per heavy atom. The highest BCUT2D eigenvalue weighted by atomic mass is 32.2. The van der Waals surface area contributed by atoms with E-state index in [9.17, 15) is 4.79 Å². The van der Waals surface area contributed by atoms with E-state index in [0.29, 0.717) is 36.5 Å². The highest BCUT2D eigenvalue weighted by Crippen LogP contribution is 2.28. The zero-order valence-electron chi connectivity index (χ0n) is 17.8. The number of anilines is 5. The zero-order chi connectivity index (χ0) is 22.8. The van der Waals surface area contributed by atoms with Crippen molar-refractivity contribution in [1.82, 2.24) is 15.0 Å². The van der Waals surface area contributed by atoms with Crippen LogP contribution in [0, 0.1) is 0 Å². The van der Waals surface area contributed by atoms with Crippen LogP contribution < -0.4 is 20.7 Å². The summed E-state index contributed by atoms with van der Waals surface area (Å²) in [5.74, 6) is 1.28. The number of nitrogens with zero attached hydrogens (tertiary/aromatic N) is 3. The molecule has 1 amide bonds. The molecule has 0 saturated heterocycles. The van der Waals surface area contributed by atoms with E-state index in [2.05, 4.69) is 37.5 Å². The summed E-state index contributed by atoms with van der Waals surface area (Å²) in [6, 6.07) is 10.9. The molecule has 10 heteroatoms. The summed E-state index contributed by atoms with van der Waals surface area (Å²) in [4.78, 5) is 25.6. The van der Waals surface area contributed by atoms with Crippen molar-refractivity contribution < 1.29 is 14.3 Å². The van der Waals surface area contributed by atoms with Crippen LogP contribution in [0.4, 0.5) is 28.8 Å². The average Bonchev–Trinajstić information content (AvgIpc) is 2.81. The van der Waals surface area contributed by atoms with Crippen molar-refractivity contribution in [2.75, 3.05) is 42.5 Å². The molecule has 166 valence electrons. The summed E-state index contributed by atoms with van der Waals surface area (Å²) in [7, 11) is 1.62. The molecule has 3 aromatic rings. The topological polar surface area (TPSA) is 110 Å². The highest BCUT2D eigenvalue weighted by Gasteiger charge is 2.09. The second kappa shape index (κ2) is 11.7. The fourth-order valence-corrected chi connectivity index (χ4v) is 3.02. The molecule has 32 heavy (non-hydrogen) atoms. The molecule has 0 bridgehead atoms. The zero-order valence-corrected chi connectivity index (χ0v) is 18.6. The standard InChI is InChI=1S/C22H24N6O3S/c1-4-19(29)25-15-6-5-7-16(12-15)26-21-18(32-3)14-24-22(28-21)27-17-8-9-20(23-13-17)31-11-10-30-2/h4-9,12-14H,1,10-11H2,2-3H3,(H,25,29)(H2,24,26,27,28). The van der Waals surface area contributed by atoms with Crippen LogP contribution in [0.5, 0.6) is 5.88 Å². The van der Waals surface area contributed by atoms with E-state index < -0.39 is 0 Å². The maximum Gasteiger partial charge on any atom is 0.247 e. The molecule has 9 nitrogen and oxygen atoms in total. The summed E-state index contributed by atoms with van der Waals surface area (Å²) in [5.41, 5.74) is 2.14. The molecule has 0 saturated carbocycles. The fourth-order valence-electron chi connectivity index (χ4n) is 2.57. The maximum atomic E-state index is 11.6. The number of hydrogen-bond acceptors (Lipinski definition) is 9. The second-order valence-corrected chi connectivity index (χ2v) is 7.21. The lowest BCUT2D eigenvalue weighted by Crippen LogP contribution is -2.07. The van der Waals surface area contributed by atoms with Gasteiger partial charge in [-0.1, -0.05) is 12.6 Å². The van der Waals surface area contributed by atoms with Crippen LogP contribution in [-0.2, 0) is 9.53 Å². The lowest BCUT2D eigenvalue weighted by Gasteiger charge is -2.13. The summed E-state index contributed by atoms with van der Waals surface area (Å²) >= 11 is 1.52. The van der Waals surface area contributed by atoms with Crippen molar-refractivity contribution in [3.63, 3.8) is 0 Å². The van der Waals surface area contributed by atoms with Gasteiger partial charge in [0.25, 0.3) is 0 Å². The van der Waals surface area contributed by atoms with E-state index in [1.54, 1.807) is 31.6 Å². The van der Waals surface area contributed by atoms with E-state index in [4.69, 9.17) is 9.47 Å². The van der Waals surface area contributed by atoms with Gasteiger partial charge < -0.3 is 25.4 Å². The Labute approximate surface area is 190 Å². The van der Waals surface area contributed by atoms with E-state index in [0.717, 1.165) is 16.3 Å². The summed E-state index contributed by atoms with van der Waals surface area (Å²) in [6.45, 7) is 4.39. The Hall–Kier alpha value is -3.63. The van der Waals surface area contributed by atoms with Crippen LogP contribution in [0.15, 0.2) is 66.3 Å². The Balaban J connectivity index is 1.72. The molecular weight excluding hydrogens is 428 g/mol. The van der Waals surface area contributed by atoms with Gasteiger partial charge >= 0.3 is 0 Å². The minimum atomic E-state index is -0.274. The van der Waals surface area contributed by atoms with E-state index in [1.807, 2.05) is 30.5 Å². The number of hydrogen-bond donors (Lipinski definition) is 3. The van der Waals surface area contributed by atoms with Crippen LogP contribution in [0.3, 0.4) is 0 Å². The molecule has 3 N–H and O–H groups in total. The predicted octanol–water partition coefficient (Wildman–Crippen LogP) is 4.23. The smallest absolute Gasteiger partial charge is 0.247 e. The molecule has 0 fully saturated rings. The minimum Gasteiger partial charge on any atom is -0.475 e. The normalized spacial score (nSPS) is 10.3. The molecule has 0 aliphatic rings.